The van der Waals surface area contributed by atoms with Crippen molar-refractivity contribution < 1.29 is 4.74 Å². The number of nitrogens with two attached hydrogens (primary N) is 1. The van der Waals surface area contributed by atoms with Crippen molar-refractivity contribution in [2.24, 2.45) is 16.6 Å². The number of aliphatic imine (C=N–C) groups is 1. The average molecular weight is 277 g/mol. The first-order valence-corrected chi connectivity index (χ1v) is 7.37. The summed E-state index contributed by atoms with van der Waals surface area (Å²) >= 11 is 0. The summed E-state index contributed by atoms with van der Waals surface area (Å²) < 4.78 is 5.65. The first kappa shape index (κ1) is 16.3. The SMILES string of the molecule is CCCN=C(N)NCCc1ccc(OCC(C)C)cc1. The Bertz CT molecular complexity index is 399. The Morgan fingerprint density at radius 3 is 2.60 bits per heavy atom. The van der Waals surface area contributed by atoms with Crippen LogP contribution in [-0.2, 0) is 6.42 Å². The third kappa shape index (κ3) is 7.02. The van der Waals surface area contributed by atoms with E-state index in [1.165, 1.54) is 5.56 Å². The van der Waals surface area contributed by atoms with Crippen molar-refractivity contribution in [1.29, 1.82) is 0 Å². The molecule has 1 rings (SSSR count). The number of rotatable bonds is 8. The molecule has 20 heavy (non-hydrogen) atoms. The van der Waals surface area contributed by atoms with Crippen molar-refractivity contribution in [1.82, 2.24) is 5.32 Å². The van der Waals surface area contributed by atoms with E-state index in [0.29, 0.717) is 11.9 Å². The van der Waals surface area contributed by atoms with Crippen LogP contribution >= 0.6 is 0 Å². The zero-order valence-corrected chi connectivity index (χ0v) is 12.9. The van der Waals surface area contributed by atoms with E-state index in [4.69, 9.17) is 10.5 Å². The highest BCUT2D eigenvalue weighted by Gasteiger charge is 1.98. The quantitative estimate of drug-likeness (QED) is 0.567. The summed E-state index contributed by atoms with van der Waals surface area (Å²) in [7, 11) is 0. The molecule has 0 aromatic heterocycles. The van der Waals surface area contributed by atoms with Gasteiger partial charge in [-0.05, 0) is 36.5 Å². The lowest BCUT2D eigenvalue weighted by atomic mass is 10.1. The van der Waals surface area contributed by atoms with Gasteiger partial charge in [-0.15, -0.1) is 0 Å². The van der Waals surface area contributed by atoms with E-state index in [9.17, 15) is 0 Å². The maximum Gasteiger partial charge on any atom is 0.188 e. The zero-order chi connectivity index (χ0) is 14.8. The minimum absolute atomic E-state index is 0.531. The Morgan fingerprint density at radius 2 is 2.00 bits per heavy atom. The molecule has 0 saturated carbocycles. The highest BCUT2D eigenvalue weighted by molar-refractivity contribution is 5.77. The van der Waals surface area contributed by atoms with Crippen LogP contribution in [0, 0.1) is 5.92 Å². The molecule has 0 aliphatic carbocycles. The second-order valence-electron chi connectivity index (χ2n) is 5.29. The summed E-state index contributed by atoms with van der Waals surface area (Å²) in [5, 5.41) is 3.12. The van der Waals surface area contributed by atoms with E-state index >= 15 is 0 Å². The summed E-state index contributed by atoms with van der Waals surface area (Å²) in [6.45, 7) is 8.70. The van der Waals surface area contributed by atoms with Gasteiger partial charge in [0, 0.05) is 13.1 Å². The van der Waals surface area contributed by atoms with Crippen molar-refractivity contribution in [3.63, 3.8) is 0 Å². The molecule has 0 heterocycles. The molecular weight excluding hydrogens is 250 g/mol. The number of nitrogens with one attached hydrogen (secondary N) is 1. The van der Waals surface area contributed by atoms with Gasteiger partial charge in [0.15, 0.2) is 5.96 Å². The summed E-state index contributed by atoms with van der Waals surface area (Å²) in [6.07, 6.45) is 1.94. The van der Waals surface area contributed by atoms with Crippen molar-refractivity contribution in [2.75, 3.05) is 19.7 Å². The molecule has 0 atom stereocenters. The smallest absolute Gasteiger partial charge is 0.188 e. The van der Waals surface area contributed by atoms with E-state index in [1.54, 1.807) is 0 Å². The standard InChI is InChI=1S/C16H27N3O/c1-4-10-18-16(17)19-11-9-14-5-7-15(8-6-14)20-12-13(2)3/h5-8,13H,4,9-12H2,1-3H3,(H3,17,18,19). The largest absolute Gasteiger partial charge is 0.493 e. The lowest BCUT2D eigenvalue weighted by Gasteiger charge is -2.09. The molecular formula is C16H27N3O. The first-order valence-electron chi connectivity index (χ1n) is 7.37. The van der Waals surface area contributed by atoms with E-state index in [1.807, 2.05) is 12.1 Å². The molecule has 0 amide bonds. The van der Waals surface area contributed by atoms with Gasteiger partial charge in [-0.2, -0.15) is 0 Å². The van der Waals surface area contributed by atoms with Crippen molar-refractivity contribution in [3.05, 3.63) is 29.8 Å². The summed E-state index contributed by atoms with van der Waals surface area (Å²) in [5.74, 6) is 2.01. The van der Waals surface area contributed by atoms with Crippen LogP contribution in [0.25, 0.3) is 0 Å². The number of ether oxygens (including phenoxy) is 1. The molecule has 3 N–H and O–H groups in total. The number of hydrogen-bond acceptors (Lipinski definition) is 2. The van der Waals surface area contributed by atoms with Crippen molar-refractivity contribution >= 4 is 5.96 Å². The Morgan fingerprint density at radius 1 is 1.30 bits per heavy atom. The van der Waals surface area contributed by atoms with Gasteiger partial charge in [0.1, 0.15) is 5.75 Å². The first-order chi connectivity index (χ1) is 9.61. The molecule has 0 spiro atoms. The summed E-state index contributed by atoms with van der Waals surface area (Å²) in [4.78, 5) is 4.19. The minimum Gasteiger partial charge on any atom is -0.493 e. The lowest BCUT2D eigenvalue weighted by Crippen LogP contribution is -2.33. The third-order valence-electron chi connectivity index (χ3n) is 2.73. The lowest BCUT2D eigenvalue weighted by molar-refractivity contribution is 0.271. The normalized spacial score (nSPS) is 11.7. The van der Waals surface area contributed by atoms with Gasteiger partial charge in [0.05, 0.1) is 6.61 Å². The molecule has 4 heteroatoms. The Balaban J connectivity index is 2.31. The van der Waals surface area contributed by atoms with Crippen LogP contribution in [0.1, 0.15) is 32.8 Å². The van der Waals surface area contributed by atoms with E-state index < -0.39 is 0 Å². The second-order valence-corrected chi connectivity index (χ2v) is 5.29. The minimum atomic E-state index is 0.531. The molecule has 112 valence electrons. The summed E-state index contributed by atoms with van der Waals surface area (Å²) in [5.41, 5.74) is 7.00. The van der Waals surface area contributed by atoms with Crippen LogP contribution in [-0.4, -0.2) is 25.7 Å². The highest BCUT2D eigenvalue weighted by atomic mass is 16.5. The van der Waals surface area contributed by atoms with Crippen LogP contribution in [0.3, 0.4) is 0 Å². The zero-order valence-electron chi connectivity index (χ0n) is 12.9. The molecule has 0 saturated heterocycles. The Labute approximate surface area is 122 Å². The average Bonchev–Trinajstić information content (AvgIpc) is 2.44. The molecule has 0 aliphatic heterocycles. The molecule has 0 unspecified atom stereocenters. The number of benzene rings is 1. The van der Waals surface area contributed by atoms with Gasteiger partial charge in [-0.1, -0.05) is 32.9 Å². The molecule has 0 bridgehead atoms. The fourth-order valence-electron chi connectivity index (χ4n) is 1.64. The summed E-state index contributed by atoms with van der Waals surface area (Å²) in [6, 6.07) is 8.23. The number of nitrogens with zero attached hydrogens (tertiary/aromatic N) is 1. The van der Waals surface area contributed by atoms with Crippen LogP contribution in [0.4, 0.5) is 0 Å². The second kappa shape index (κ2) is 9.23. The number of guanidine groups is 1. The van der Waals surface area contributed by atoms with Crippen LogP contribution in [0.5, 0.6) is 5.75 Å². The molecule has 1 aromatic carbocycles. The van der Waals surface area contributed by atoms with Gasteiger partial charge in [-0.3, -0.25) is 4.99 Å². The number of hydrogen-bond donors (Lipinski definition) is 2. The third-order valence-corrected chi connectivity index (χ3v) is 2.73. The fraction of sp³-hybridized carbons (Fsp3) is 0.562. The highest BCUT2D eigenvalue weighted by Crippen LogP contribution is 2.13. The van der Waals surface area contributed by atoms with Gasteiger partial charge in [0.2, 0.25) is 0 Å². The monoisotopic (exact) mass is 277 g/mol. The van der Waals surface area contributed by atoms with Crippen LogP contribution in [0.15, 0.2) is 29.3 Å². The van der Waals surface area contributed by atoms with E-state index in [2.05, 4.69) is 43.2 Å². The Hall–Kier alpha value is -1.71. The predicted molar refractivity (Wildman–Crippen MR) is 85.3 cm³/mol. The van der Waals surface area contributed by atoms with Crippen molar-refractivity contribution in [3.8, 4) is 5.75 Å². The molecule has 1 aromatic rings. The predicted octanol–water partition coefficient (Wildman–Crippen LogP) is 2.58. The van der Waals surface area contributed by atoms with Gasteiger partial charge < -0.3 is 15.8 Å². The van der Waals surface area contributed by atoms with Crippen molar-refractivity contribution in [2.45, 2.75) is 33.6 Å². The maximum atomic E-state index is 5.73. The van der Waals surface area contributed by atoms with E-state index in [-0.39, 0.29) is 0 Å². The fourth-order valence-corrected chi connectivity index (χ4v) is 1.64. The van der Waals surface area contributed by atoms with Gasteiger partial charge >= 0.3 is 0 Å². The van der Waals surface area contributed by atoms with Crippen LogP contribution in [0.2, 0.25) is 0 Å². The van der Waals surface area contributed by atoms with Gasteiger partial charge in [0.25, 0.3) is 0 Å². The molecule has 0 aliphatic rings. The molecule has 0 fully saturated rings. The molecule has 4 nitrogen and oxygen atoms in total. The maximum absolute atomic E-state index is 5.73. The molecule has 0 radical (unpaired) electrons. The van der Waals surface area contributed by atoms with E-state index in [0.717, 1.165) is 38.3 Å². The topological polar surface area (TPSA) is 59.6 Å². The van der Waals surface area contributed by atoms with Gasteiger partial charge in [-0.25, -0.2) is 0 Å². The Kier molecular flexibility index (Phi) is 7.55. The van der Waals surface area contributed by atoms with Crippen LogP contribution < -0.4 is 15.8 Å².